The van der Waals surface area contributed by atoms with Crippen LogP contribution in [-0.2, 0) is 4.74 Å². The van der Waals surface area contributed by atoms with Crippen molar-refractivity contribution in [3.63, 3.8) is 0 Å². The summed E-state index contributed by atoms with van der Waals surface area (Å²) in [7, 11) is 4.00. The second-order valence-electron chi connectivity index (χ2n) is 6.64. The Morgan fingerprint density at radius 3 is 2.11 bits per heavy atom. The zero-order valence-electron chi connectivity index (χ0n) is 13.1. The Morgan fingerprint density at radius 2 is 1.67 bits per heavy atom. The molecule has 0 aromatic rings. The number of hydrogen-bond donors (Lipinski definition) is 1. The number of hydrogen-bond acceptors (Lipinski definition) is 2. The van der Waals surface area contributed by atoms with Crippen LogP contribution in [0.2, 0.25) is 0 Å². The second kappa shape index (κ2) is 7.49. The highest BCUT2D eigenvalue weighted by Gasteiger charge is 2.39. The molecule has 0 aromatic carbocycles. The van der Waals surface area contributed by atoms with Crippen LogP contribution >= 0.6 is 0 Å². The Labute approximate surface area is 114 Å². The molecule has 1 rings (SSSR count). The normalized spacial score (nSPS) is 23.0. The van der Waals surface area contributed by atoms with Gasteiger partial charge in [-0.25, -0.2) is 0 Å². The molecule has 0 heterocycles. The Kier molecular flexibility index (Phi) is 6.65. The van der Waals surface area contributed by atoms with E-state index >= 15 is 0 Å². The molecule has 0 spiro atoms. The summed E-state index contributed by atoms with van der Waals surface area (Å²) in [6.45, 7) is 7.02. The molecule has 0 saturated heterocycles. The van der Waals surface area contributed by atoms with E-state index in [1.165, 1.54) is 44.9 Å². The molecular formula is C16H33NO. The van der Waals surface area contributed by atoms with Crippen LogP contribution in [0.25, 0.3) is 0 Å². The van der Waals surface area contributed by atoms with E-state index in [1.54, 1.807) is 0 Å². The highest BCUT2D eigenvalue weighted by atomic mass is 16.5. The van der Waals surface area contributed by atoms with Crippen LogP contribution < -0.4 is 5.32 Å². The van der Waals surface area contributed by atoms with Crippen molar-refractivity contribution in [2.75, 3.05) is 14.2 Å². The first kappa shape index (κ1) is 16.0. The molecule has 2 heteroatoms. The maximum Gasteiger partial charge on any atom is 0.0830 e. The van der Waals surface area contributed by atoms with Crippen LogP contribution in [-0.4, -0.2) is 25.8 Å². The zero-order valence-corrected chi connectivity index (χ0v) is 13.1. The van der Waals surface area contributed by atoms with Crippen molar-refractivity contribution in [1.82, 2.24) is 5.32 Å². The third-order valence-electron chi connectivity index (χ3n) is 4.60. The van der Waals surface area contributed by atoms with E-state index in [0.717, 1.165) is 11.8 Å². The first-order valence-corrected chi connectivity index (χ1v) is 7.76. The molecule has 0 amide bonds. The minimum Gasteiger partial charge on any atom is -0.377 e. The predicted octanol–water partition coefficient (Wildman–Crippen LogP) is 4.00. The van der Waals surface area contributed by atoms with Gasteiger partial charge < -0.3 is 10.1 Å². The number of ether oxygens (including phenoxy) is 1. The lowest BCUT2D eigenvalue weighted by Gasteiger charge is -2.43. The Bertz CT molecular complexity index is 221. The van der Waals surface area contributed by atoms with Gasteiger partial charge in [0.05, 0.1) is 5.60 Å². The van der Waals surface area contributed by atoms with Crippen molar-refractivity contribution in [2.24, 2.45) is 11.8 Å². The van der Waals surface area contributed by atoms with E-state index in [-0.39, 0.29) is 5.60 Å². The van der Waals surface area contributed by atoms with Gasteiger partial charge in [-0.2, -0.15) is 0 Å². The quantitative estimate of drug-likeness (QED) is 0.742. The van der Waals surface area contributed by atoms with Crippen LogP contribution in [0.5, 0.6) is 0 Å². The van der Waals surface area contributed by atoms with E-state index in [0.29, 0.717) is 6.04 Å². The lowest BCUT2D eigenvalue weighted by Crippen LogP contribution is -2.52. The van der Waals surface area contributed by atoms with Crippen LogP contribution in [0.1, 0.15) is 65.7 Å². The van der Waals surface area contributed by atoms with Crippen molar-refractivity contribution < 1.29 is 4.74 Å². The highest BCUT2D eigenvalue weighted by Crippen LogP contribution is 2.36. The van der Waals surface area contributed by atoms with Gasteiger partial charge in [-0.3, -0.25) is 0 Å². The van der Waals surface area contributed by atoms with E-state index in [4.69, 9.17) is 4.74 Å². The molecular weight excluding hydrogens is 222 g/mol. The number of methoxy groups -OCH3 is 1. The van der Waals surface area contributed by atoms with Gasteiger partial charge in [0, 0.05) is 13.2 Å². The van der Waals surface area contributed by atoms with Gasteiger partial charge >= 0.3 is 0 Å². The Morgan fingerprint density at radius 1 is 1.06 bits per heavy atom. The standard InChI is InChI=1S/C16H33NO/c1-13(2)11-14(3)12-15(17-4)16(18-5)9-7-6-8-10-16/h13-15,17H,6-12H2,1-5H3. The minimum atomic E-state index is 0.0955. The van der Waals surface area contributed by atoms with Crippen molar-refractivity contribution in [2.45, 2.75) is 77.4 Å². The summed E-state index contributed by atoms with van der Waals surface area (Å²) >= 11 is 0. The van der Waals surface area contributed by atoms with E-state index < -0.39 is 0 Å². The fourth-order valence-electron chi connectivity index (χ4n) is 3.74. The fraction of sp³-hybridized carbons (Fsp3) is 1.00. The van der Waals surface area contributed by atoms with Gasteiger partial charge in [-0.15, -0.1) is 0 Å². The average Bonchev–Trinajstić information content (AvgIpc) is 2.36. The molecule has 0 bridgehead atoms. The zero-order chi connectivity index (χ0) is 13.6. The smallest absolute Gasteiger partial charge is 0.0830 e. The van der Waals surface area contributed by atoms with Crippen LogP contribution in [0, 0.1) is 11.8 Å². The maximum atomic E-state index is 5.98. The monoisotopic (exact) mass is 255 g/mol. The van der Waals surface area contributed by atoms with Gasteiger partial charge in [-0.05, 0) is 44.6 Å². The molecule has 0 aromatic heterocycles. The molecule has 18 heavy (non-hydrogen) atoms. The third-order valence-corrected chi connectivity index (χ3v) is 4.60. The molecule has 0 radical (unpaired) electrons. The first-order valence-electron chi connectivity index (χ1n) is 7.76. The number of nitrogens with one attached hydrogen (secondary N) is 1. The first-order chi connectivity index (χ1) is 8.54. The number of rotatable bonds is 7. The summed E-state index contributed by atoms with van der Waals surface area (Å²) in [5.74, 6) is 1.57. The van der Waals surface area contributed by atoms with Crippen LogP contribution in [0.15, 0.2) is 0 Å². The molecule has 1 fully saturated rings. The lowest BCUT2D eigenvalue weighted by atomic mass is 9.75. The fourth-order valence-corrected chi connectivity index (χ4v) is 3.74. The van der Waals surface area contributed by atoms with Crippen molar-refractivity contribution >= 4 is 0 Å². The van der Waals surface area contributed by atoms with Gasteiger partial charge in [0.25, 0.3) is 0 Å². The molecule has 1 saturated carbocycles. The lowest BCUT2D eigenvalue weighted by molar-refractivity contribution is -0.0709. The SMILES string of the molecule is CNC(CC(C)CC(C)C)C1(OC)CCCCC1. The number of likely N-dealkylation sites (N-methyl/N-ethyl adjacent to an activating group) is 1. The van der Waals surface area contributed by atoms with Crippen LogP contribution in [0.4, 0.5) is 0 Å². The Balaban J connectivity index is 2.61. The molecule has 2 atom stereocenters. The Hall–Kier alpha value is -0.0800. The largest absolute Gasteiger partial charge is 0.377 e. The third kappa shape index (κ3) is 4.24. The molecule has 2 unspecified atom stereocenters. The van der Waals surface area contributed by atoms with E-state index in [2.05, 4.69) is 33.1 Å². The molecule has 2 nitrogen and oxygen atoms in total. The van der Waals surface area contributed by atoms with Crippen molar-refractivity contribution in [3.8, 4) is 0 Å². The summed E-state index contributed by atoms with van der Waals surface area (Å²) in [5, 5.41) is 3.54. The van der Waals surface area contributed by atoms with Crippen molar-refractivity contribution in [3.05, 3.63) is 0 Å². The maximum absolute atomic E-state index is 5.98. The summed E-state index contributed by atoms with van der Waals surface area (Å²) in [6.07, 6.45) is 9.03. The molecule has 1 aliphatic rings. The molecule has 1 N–H and O–H groups in total. The van der Waals surface area contributed by atoms with E-state index in [9.17, 15) is 0 Å². The van der Waals surface area contributed by atoms with Gasteiger partial charge in [0.15, 0.2) is 0 Å². The highest BCUT2D eigenvalue weighted by molar-refractivity contribution is 4.95. The van der Waals surface area contributed by atoms with Gasteiger partial charge in [0.2, 0.25) is 0 Å². The summed E-state index contributed by atoms with van der Waals surface area (Å²) in [6, 6.07) is 0.511. The summed E-state index contributed by atoms with van der Waals surface area (Å²) in [5.41, 5.74) is 0.0955. The molecule has 108 valence electrons. The van der Waals surface area contributed by atoms with Gasteiger partial charge in [0.1, 0.15) is 0 Å². The average molecular weight is 255 g/mol. The molecule has 0 aliphatic heterocycles. The predicted molar refractivity (Wildman–Crippen MR) is 78.9 cm³/mol. The minimum absolute atomic E-state index is 0.0955. The van der Waals surface area contributed by atoms with Crippen LogP contribution in [0.3, 0.4) is 0 Å². The van der Waals surface area contributed by atoms with Crippen molar-refractivity contribution in [1.29, 1.82) is 0 Å². The molecule has 1 aliphatic carbocycles. The van der Waals surface area contributed by atoms with E-state index in [1.807, 2.05) is 7.11 Å². The van der Waals surface area contributed by atoms with Gasteiger partial charge in [-0.1, -0.05) is 40.0 Å². The summed E-state index contributed by atoms with van der Waals surface area (Å²) in [4.78, 5) is 0. The second-order valence-corrected chi connectivity index (χ2v) is 6.64. The topological polar surface area (TPSA) is 21.3 Å². The summed E-state index contributed by atoms with van der Waals surface area (Å²) < 4.78 is 5.98.